The van der Waals surface area contributed by atoms with E-state index in [1.165, 1.54) is 0 Å². The first-order valence-corrected chi connectivity index (χ1v) is 2.42. The van der Waals surface area contributed by atoms with Gasteiger partial charge in [0, 0.05) is 0 Å². The lowest BCUT2D eigenvalue weighted by Gasteiger charge is -2.08. The van der Waals surface area contributed by atoms with Crippen LogP contribution in [0.1, 0.15) is 6.42 Å². The third-order valence-electron chi connectivity index (χ3n) is 0.937. The SMILES string of the molecule is [B]C1=CCCOC1. The average Bonchev–Trinajstić information content (AvgIpc) is 1.69. The van der Waals surface area contributed by atoms with Gasteiger partial charge in [0.05, 0.1) is 13.2 Å². The molecule has 0 N–H and O–H groups in total. The van der Waals surface area contributed by atoms with Gasteiger partial charge < -0.3 is 4.74 Å². The minimum Gasteiger partial charge on any atom is -0.378 e. The molecule has 7 heavy (non-hydrogen) atoms. The maximum Gasteiger partial charge on any atom is 0.110 e. The van der Waals surface area contributed by atoms with Gasteiger partial charge in [-0.3, -0.25) is 0 Å². The Bertz CT molecular complexity index is 88.1. The van der Waals surface area contributed by atoms with Crippen LogP contribution in [0, 0.1) is 0 Å². The highest BCUT2D eigenvalue weighted by Crippen LogP contribution is 1.99. The average molecular weight is 93.9 g/mol. The first-order valence-electron chi connectivity index (χ1n) is 2.42. The Labute approximate surface area is 44.8 Å². The van der Waals surface area contributed by atoms with Gasteiger partial charge in [-0.25, -0.2) is 0 Å². The van der Waals surface area contributed by atoms with Crippen LogP contribution < -0.4 is 0 Å². The predicted molar refractivity (Wildman–Crippen MR) is 29.3 cm³/mol. The van der Waals surface area contributed by atoms with Gasteiger partial charge in [-0.2, -0.15) is 0 Å². The highest BCUT2D eigenvalue weighted by atomic mass is 16.5. The van der Waals surface area contributed by atoms with Crippen LogP contribution in [0.15, 0.2) is 11.5 Å². The zero-order valence-electron chi connectivity index (χ0n) is 4.18. The summed E-state index contributed by atoms with van der Waals surface area (Å²) in [5, 5.41) is 0. The summed E-state index contributed by atoms with van der Waals surface area (Å²) in [4.78, 5) is 0. The highest BCUT2D eigenvalue weighted by molar-refractivity contribution is 6.21. The lowest BCUT2D eigenvalue weighted by molar-refractivity contribution is 0.155. The summed E-state index contributed by atoms with van der Waals surface area (Å²) in [5.74, 6) is 0. The molecule has 0 unspecified atom stereocenters. The first kappa shape index (κ1) is 4.91. The topological polar surface area (TPSA) is 9.23 Å². The molecule has 0 aromatic heterocycles. The molecule has 0 amide bonds. The molecule has 1 aliphatic heterocycles. The van der Waals surface area contributed by atoms with E-state index in [4.69, 9.17) is 12.6 Å². The van der Waals surface area contributed by atoms with E-state index in [9.17, 15) is 0 Å². The van der Waals surface area contributed by atoms with Crippen molar-refractivity contribution in [2.75, 3.05) is 13.2 Å². The van der Waals surface area contributed by atoms with Gasteiger partial charge in [-0.1, -0.05) is 11.5 Å². The van der Waals surface area contributed by atoms with Crippen LogP contribution in [-0.4, -0.2) is 21.1 Å². The quantitative estimate of drug-likeness (QED) is 0.396. The Balaban J connectivity index is 2.40. The summed E-state index contributed by atoms with van der Waals surface area (Å²) < 4.78 is 4.99. The van der Waals surface area contributed by atoms with Gasteiger partial charge >= 0.3 is 0 Å². The molecule has 0 fully saturated rings. The molecule has 0 aromatic carbocycles. The van der Waals surface area contributed by atoms with Crippen LogP contribution >= 0.6 is 0 Å². The summed E-state index contributed by atoms with van der Waals surface area (Å²) in [6.45, 7) is 1.46. The summed E-state index contributed by atoms with van der Waals surface area (Å²) in [6, 6.07) is 0. The standard InChI is InChI=1S/C5H7BO/c6-5-2-1-3-7-4-5/h2H,1,3-4H2. The van der Waals surface area contributed by atoms with Gasteiger partial charge in [0.1, 0.15) is 7.85 Å². The molecule has 0 saturated carbocycles. The van der Waals surface area contributed by atoms with Gasteiger partial charge in [-0.15, -0.1) is 0 Å². The molecule has 36 valence electrons. The molecule has 0 atom stereocenters. The van der Waals surface area contributed by atoms with Crippen molar-refractivity contribution >= 4 is 7.85 Å². The second-order valence-electron chi connectivity index (χ2n) is 1.62. The lowest BCUT2D eigenvalue weighted by Crippen LogP contribution is -2.04. The molecule has 2 heteroatoms. The highest BCUT2D eigenvalue weighted by Gasteiger charge is 1.94. The Morgan fingerprint density at radius 1 is 1.71 bits per heavy atom. The number of ether oxygens (including phenoxy) is 1. The van der Waals surface area contributed by atoms with Crippen molar-refractivity contribution in [2.45, 2.75) is 6.42 Å². The van der Waals surface area contributed by atoms with E-state index in [2.05, 4.69) is 0 Å². The van der Waals surface area contributed by atoms with Crippen molar-refractivity contribution in [3.8, 4) is 0 Å². The second kappa shape index (κ2) is 2.17. The van der Waals surface area contributed by atoms with Crippen molar-refractivity contribution < 1.29 is 4.74 Å². The summed E-state index contributed by atoms with van der Waals surface area (Å²) in [5.41, 5.74) is 0.867. The van der Waals surface area contributed by atoms with E-state index in [1.54, 1.807) is 0 Å². The van der Waals surface area contributed by atoms with Crippen LogP contribution in [0.2, 0.25) is 0 Å². The number of rotatable bonds is 0. The zero-order chi connectivity index (χ0) is 5.11. The van der Waals surface area contributed by atoms with E-state index < -0.39 is 0 Å². The van der Waals surface area contributed by atoms with Crippen LogP contribution in [0.5, 0.6) is 0 Å². The fraction of sp³-hybridized carbons (Fsp3) is 0.600. The Morgan fingerprint density at radius 3 is 2.86 bits per heavy atom. The maximum atomic E-state index is 5.37. The van der Waals surface area contributed by atoms with Crippen molar-refractivity contribution in [2.24, 2.45) is 0 Å². The van der Waals surface area contributed by atoms with Gasteiger partial charge in [-0.05, 0) is 6.42 Å². The molecule has 0 aliphatic carbocycles. The van der Waals surface area contributed by atoms with Crippen molar-refractivity contribution in [3.05, 3.63) is 11.5 Å². The van der Waals surface area contributed by atoms with E-state index in [0.29, 0.717) is 6.61 Å². The van der Waals surface area contributed by atoms with E-state index in [-0.39, 0.29) is 0 Å². The molecular weight excluding hydrogens is 86.9 g/mol. The molecule has 0 spiro atoms. The molecular formula is C5H7BO. The van der Waals surface area contributed by atoms with Gasteiger partial charge in [0.15, 0.2) is 0 Å². The van der Waals surface area contributed by atoms with Gasteiger partial charge in [0.25, 0.3) is 0 Å². The first-order chi connectivity index (χ1) is 3.39. The molecule has 0 saturated heterocycles. The van der Waals surface area contributed by atoms with Crippen LogP contribution in [0.3, 0.4) is 0 Å². The Hall–Kier alpha value is -0.235. The van der Waals surface area contributed by atoms with E-state index in [0.717, 1.165) is 18.5 Å². The van der Waals surface area contributed by atoms with Crippen LogP contribution in [0.4, 0.5) is 0 Å². The molecule has 0 bridgehead atoms. The molecule has 1 heterocycles. The Kier molecular flexibility index (Phi) is 1.52. The fourth-order valence-corrected chi connectivity index (χ4v) is 0.577. The van der Waals surface area contributed by atoms with Gasteiger partial charge in [0.2, 0.25) is 0 Å². The van der Waals surface area contributed by atoms with Crippen LogP contribution in [-0.2, 0) is 4.74 Å². The monoisotopic (exact) mass is 94.1 g/mol. The summed E-state index contributed by atoms with van der Waals surface area (Å²) in [7, 11) is 5.37. The molecule has 1 aliphatic rings. The minimum absolute atomic E-state index is 0.625. The summed E-state index contributed by atoms with van der Waals surface area (Å²) >= 11 is 0. The largest absolute Gasteiger partial charge is 0.378 e. The maximum absolute atomic E-state index is 5.37. The summed E-state index contributed by atoms with van der Waals surface area (Å²) in [6.07, 6.45) is 2.98. The number of hydrogen-bond acceptors (Lipinski definition) is 1. The molecule has 2 radical (unpaired) electrons. The predicted octanol–water partition coefficient (Wildman–Crippen LogP) is 0.459. The van der Waals surface area contributed by atoms with Crippen molar-refractivity contribution in [1.29, 1.82) is 0 Å². The molecule has 1 nitrogen and oxygen atoms in total. The minimum atomic E-state index is 0.625. The normalized spacial score (nSPS) is 21.4. The van der Waals surface area contributed by atoms with E-state index >= 15 is 0 Å². The third kappa shape index (κ3) is 1.36. The fourth-order valence-electron chi connectivity index (χ4n) is 0.577. The second-order valence-corrected chi connectivity index (χ2v) is 1.62. The molecule has 1 rings (SSSR count). The zero-order valence-corrected chi connectivity index (χ0v) is 4.18. The third-order valence-corrected chi connectivity index (χ3v) is 0.937. The van der Waals surface area contributed by atoms with Crippen LogP contribution in [0.25, 0.3) is 0 Å². The lowest BCUT2D eigenvalue weighted by atomic mass is 9.95. The number of hydrogen-bond donors (Lipinski definition) is 0. The van der Waals surface area contributed by atoms with E-state index in [1.807, 2.05) is 6.08 Å². The van der Waals surface area contributed by atoms with Crippen molar-refractivity contribution in [1.82, 2.24) is 0 Å². The molecule has 0 aromatic rings. The smallest absolute Gasteiger partial charge is 0.110 e. The van der Waals surface area contributed by atoms with Crippen molar-refractivity contribution in [3.63, 3.8) is 0 Å². The Morgan fingerprint density at radius 2 is 2.57 bits per heavy atom.